The van der Waals surface area contributed by atoms with Crippen molar-refractivity contribution in [1.82, 2.24) is 0 Å². The van der Waals surface area contributed by atoms with Gasteiger partial charge in [-0.2, -0.15) is 0 Å². The van der Waals surface area contributed by atoms with E-state index in [4.69, 9.17) is 9.47 Å². The van der Waals surface area contributed by atoms with Gasteiger partial charge in [0, 0.05) is 29.5 Å². The van der Waals surface area contributed by atoms with Gasteiger partial charge in [0.1, 0.15) is 0 Å². The summed E-state index contributed by atoms with van der Waals surface area (Å²) < 4.78 is 10.6. The fourth-order valence-corrected chi connectivity index (χ4v) is 2.23. The zero-order chi connectivity index (χ0) is 10.3. The lowest BCUT2D eigenvalue weighted by molar-refractivity contribution is -0.127. The van der Waals surface area contributed by atoms with E-state index in [0.717, 1.165) is 23.1 Å². The first-order valence-corrected chi connectivity index (χ1v) is 5.75. The molecule has 0 rings (SSSR count). The highest BCUT2D eigenvalue weighted by Crippen LogP contribution is 2.33. The lowest BCUT2D eigenvalue weighted by Gasteiger charge is -2.31. The van der Waals surface area contributed by atoms with Gasteiger partial charge < -0.3 is 9.47 Å². The average molecular weight is 202 g/mol. The molecule has 0 heterocycles. The van der Waals surface area contributed by atoms with Gasteiger partial charge >= 0.3 is 0 Å². The quantitative estimate of drug-likeness (QED) is 0.369. The fourth-order valence-electron chi connectivity index (χ4n) is 1.47. The predicted molar refractivity (Wildman–Crippen MR) is 60.2 cm³/mol. The zero-order valence-electron chi connectivity index (χ0n) is 9.46. The Morgan fingerprint density at radius 3 is 2.31 bits per heavy atom. The van der Waals surface area contributed by atoms with Crippen molar-refractivity contribution in [3.05, 3.63) is 12.2 Å². The van der Waals surface area contributed by atoms with Crippen molar-refractivity contribution < 1.29 is 9.47 Å². The third-order valence-electron chi connectivity index (χ3n) is 2.26. The van der Waals surface area contributed by atoms with Gasteiger partial charge in [-0.25, -0.2) is 0 Å². The summed E-state index contributed by atoms with van der Waals surface area (Å²) in [6.45, 7) is 4.27. The summed E-state index contributed by atoms with van der Waals surface area (Å²) >= 11 is 0. The highest BCUT2D eigenvalue weighted by atomic mass is 28.1. The number of methoxy groups -OCH3 is 2. The van der Waals surface area contributed by atoms with Gasteiger partial charge in [-0.1, -0.05) is 19.1 Å². The molecule has 0 aromatic heterocycles. The summed E-state index contributed by atoms with van der Waals surface area (Å²) in [6.07, 6.45) is 6.48. The van der Waals surface area contributed by atoms with Crippen LogP contribution in [0, 0.1) is 0 Å². The zero-order valence-corrected chi connectivity index (χ0v) is 11.5. The van der Waals surface area contributed by atoms with E-state index in [9.17, 15) is 0 Å². The maximum Gasteiger partial charge on any atom is 0.158 e. The average Bonchev–Trinajstić information content (AvgIpc) is 2.06. The molecular weight excluding hydrogens is 180 g/mol. The minimum Gasteiger partial charge on any atom is -0.356 e. The molecule has 0 aliphatic carbocycles. The van der Waals surface area contributed by atoms with Crippen LogP contribution in [0.4, 0.5) is 0 Å². The van der Waals surface area contributed by atoms with Crippen molar-refractivity contribution in [3.8, 4) is 0 Å². The summed E-state index contributed by atoms with van der Waals surface area (Å²) in [5.74, 6) is 0. The van der Waals surface area contributed by atoms with E-state index in [1.54, 1.807) is 14.2 Å². The van der Waals surface area contributed by atoms with Gasteiger partial charge in [-0.3, -0.25) is 0 Å². The summed E-state index contributed by atoms with van der Waals surface area (Å²) in [6, 6.07) is 0. The molecule has 0 aromatic rings. The molecule has 2 nitrogen and oxygen atoms in total. The monoisotopic (exact) mass is 202 g/mol. The van der Waals surface area contributed by atoms with Crippen LogP contribution in [0.25, 0.3) is 0 Å². The molecule has 0 saturated carbocycles. The van der Waals surface area contributed by atoms with Crippen LogP contribution in [0.1, 0.15) is 26.7 Å². The summed E-state index contributed by atoms with van der Waals surface area (Å²) in [5.41, 5.74) is 0. The molecule has 0 amide bonds. The standard InChI is InChI=1S/C10H22O2Si/c1-5-6-7-8-10(2,13)9(11-3)12-4/h5-6,9H,7-8H2,1-4,13H3. The van der Waals surface area contributed by atoms with Crippen molar-refractivity contribution >= 4 is 10.2 Å². The van der Waals surface area contributed by atoms with E-state index >= 15 is 0 Å². The van der Waals surface area contributed by atoms with Crippen LogP contribution >= 0.6 is 0 Å². The molecule has 1 atom stereocenters. The largest absolute Gasteiger partial charge is 0.356 e. The first-order valence-electron chi connectivity index (χ1n) is 4.75. The molecule has 0 aliphatic rings. The normalized spacial score (nSPS) is 17.0. The van der Waals surface area contributed by atoms with E-state index in [1.807, 2.05) is 0 Å². The van der Waals surface area contributed by atoms with E-state index in [-0.39, 0.29) is 11.3 Å². The molecule has 0 N–H and O–H groups in total. The van der Waals surface area contributed by atoms with Crippen LogP contribution in [-0.4, -0.2) is 30.8 Å². The molecule has 0 bridgehead atoms. The number of ether oxygens (including phenoxy) is 2. The molecule has 0 radical (unpaired) electrons. The Kier molecular flexibility index (Phi) is 6.29. The highest BCUT2D eigenvalue weighted by molar-refractivity contribution is 6.15. The fraction of sp³-hybridized carbons (Fsp3) is 0.800. The highest BCUT2D eigenvalue weighted by Gasteiger charge is 2.28. The molecule has 0 saturated heterocycles. The smallest absolute Gasteiger partial charge is 0.158 e. The Hall–Kier alpha value is -0.123. The van der Waals surface area contributed by atoms with Gasteiger partial charge in [0.05, 0.1) is 0 Å². The van der Waals surface area contributed by atoms with Crippen LogP contribution < -0.4 is 0 Å². The Morgan fingerprint density at radius 1 is 1.38 bits per heavy atom. The van der Waals surface area contributed by atoms with Gasteiger partial charge in [0.2, 0.25) is 0 Å². The molecule has 0 aliphatic heterocycles. The molecule has 78 valence electrons. The van der Waals surface area contributed by atoms with Crippen LogP contribution in [-0.2, 0) is 9.47 Å². The maximum absolute atomic E-state index is 5.28. The van der Waals surface area contributed by atoms with E-state index in [2.05, 4.69) is 26.0 Å². The maximum atomic E-state index is 5.28. The molecular formula is C10H22O2Si. The first-order chi connectivity index (χ1) is 6.08. The second kappa shape index (κ2) is 6.35. The van der Waals surface area contributed by atoms with Crippen LogP contribution in [0.5, 0.6) is 0 Å². The molecule has 3 heteroatoms. The summed E-state index contributed by atoms with van der Waals surface area (Å²) in [4.78, 5) is 0. The van der Waals surface area contributed by atoms with Crippen LogP contribution in [0.2, 0.25) is 5.04 Å². The predicted octanol–water partition coefficient (Wildman–Crippen LogP) is 1.51. The third-order valence-corrected chi connectivity index (χ3v) is 3.23. The van der Waals surface area contributed by atoms with Crippen LogP contribution in [0.15, 0.2) is 12.2 Å². The Morgan fingerprint density at radius 2 is 1.92 bits per heavy atom. The Bertz CT molecular complexity index is 151. The molecule has 0 spiro atoms. The minimum atomic E-state index is -0.0515. The molecule has 1 unspecified atom stereocenters. The Labute approximate surface area is 84.7 Å². The lowest BCUT2D eigenvalue weighted by atomic mass is 10.0. The van der Waals surface area contributed by atoms with Crippen molar-refractivity contribution in [2.45, 2.75) is 38.0 Å². The number of hydrogen-bond acceptors (Lipinski definition) is 2. The number of rotatable bonds is 6. The lowest BCUT2D eigenvalue weighted by Crippen LogP contribution is -2.29. The first kappa shape index (κ1) is 12.9. The summed E-state index contributed by atoms with van der Waals surface area (Å²) in [7, 11) is 4.50. The SMILES string of the molecule is CC=CCCC(C)([SiH3])C(OC)OC. The second-order valence-corrected chi connectivity index (χ2v) is 6.18. The van der Waals surface area contributed by atoms with Crippen LogP contribution in [0.3, 0.4) is 0 Å². The molecule has 0 aromatic carbocycles. The minimum absolute atomic E-state index is 0.0515. The van der Waals surface area contributed by atoms with Crippen molar-refractivity contribution in [2.75, 3.05) is 14.2 Å². The topological polar surface area (TPSA) is 18.5 Å². The molecule has 13 heavy (non-hydrogen) atoms. The number of allylic oxidation sites excluding steroid dienone is 2. The van der Waals surface area contributed by atoms with E-state index in [0.29, 0.717) is 0 Å². The van der Waals surface area contributed by atoms with Gasteiger partial charge in [-0.05, 0) is 19.8 Å². The molecule has 0 fully saturated rings. The van der Waals surface area contributed by atoms with Crippen molar-refractivity contribution in [1.29, 1.82) is 0 Å². The van der Waals surface area contributed by atoms with Gasteiger partial charge in [0.25, 0.3) is 0 Å². The van der Waals surface area contributed by atoms with Gasteiger partial charge in [-0.15, -0.1) is 0 Å². The van der Waals surface area contributed by atoms with Crippen molar-refractivity contribution in [3.63, 3.8) is 0 Å². The third kappa shape index (κ3) is 4.60. The second-order valence-electron chi connectivity index (χ2n) is 3.90. The number of hydrogen-bond donors (Lipinski definition) is 0. The summed E-state index contributed by atoms with van der Waals surface area (Å²) in [5, 5.41) is 0.211. The van der Waals surface area contributed by atoms with Gasteiger partial charge in [0.15, 0.2) is 6.29 Å². The van der Waals surface area contributed by atoms with E-state index < -0.39 is 0 Å². The van der Waals surface area contributed by atoms with E-state index in [1.165, 1.54) is 0 Å². The Balaban J connectivity index is 4.02. The van der Waals surface area contributed by atoms with Crippen molar-refractivity contribution in [2.24, 2.45) is 0 Å².